The van der Waals surface area contributed by atoms with Crippen LogP contribution in [0.2, 0.25) is 0 Å². The first-order chi connectivity index (χ1) is 8.06. The molecule has 0 aliphatic carbocycles. The van der Waals surface area contributed by atoms with Crippen molar-refractivity contribution in [1.82, 2.24) is 9.55 Å². The van der Waals surface area contributed by atoms with E-state index in [0.717, 1.165) is 10.8 Å². The van der Waals surface area contributed by atoms with Gasteiger partial charge in [0.05, 0.1) is 6.61 Å². The molecule has 8 nitrogen and oxygen atoms in total. The van der Waals surface area contributed by atoms with Crippen LogP contribution in [0.15, 0.2) is 12.4 Å². The van der Waals surface area contributed by atoms with Crippen molar-refractivity contribution in [1.29, 1.82) is 0 Å². The van der Waals surface area contributed by atoms with E-state index in [1.54, 1.807) is 0 Å². The summed E-state index contributed by atoms with van der Waals surface area (Å²) in [6.07, 6.45) is -3.52. The number of hydrogen-bond donors (Lipinski definition) is 2. The van der Waals surface area contributed by atoms with Gasteiger partial charge in [-0.2, -0.15) is 4.57 Å². The molecule has 1 aliphatic rings. The Bertz CT molecular complexity index is 425. The number of ether oxygens (including phenoxy) is 1. The molecule has 2 N–H and O–H groups in total. The summed E-state index contributed by atoms with van der Waals surface area (Å²) >= 11 is 0. The molecule has 1 fully saturated rings. The van der Waals surface area contributed by atoms with E-state index < -0.39 is 42.1 Å². The summed E-state index contributed by atoms with van der Waals surface area (Å²) in [5, 5.41) is 28.8. The molecule has 0 radical (unpaired) electrons. The summed E-state index contributed by atoms with van der Waals surface area (Å²) in [7, 11) is 0. The molecule has 2 rings (SSSR count). The van der Waals surface area contributed by atoms with Crippen molar-refractivity contribution >= 4 is 5.95 Å². The SMILES string of the molecule is O=[N+]([O-])c1nccn1[C@@H]1O[C@H](CO)[C@@H](O)[C@@H]1F. The second-order valence-electron chi connectivity index (χ2n) is 3.57. The second-order valence-corrected chi connectivity index (χ2v) is 3.57. The normalized spacial score (nSPS) is 32.9. The monoisotopic (exact) mass is 247 g/mol. The zero-order valence-corrected chi connectivity index (χ0v) is 8.51. The van der Waals surface area contributed by atoms with Gasteiger partial charge >= 0.3 is 5.95 Å². The smallest absolute Gasteiger partial charge is 0.394 e. The Balaban J connectivity index is 2.29. The highest BCUT2D eigenvalue weighted by Gasteiger charge is 2.48. The van der Waals surface area contributed by atoms with Crippen LogP contribution in [0.3, 0.4) is 0 Å². The maximum absolute atomic E-state index is 13.7. The van der Waals surface area contributed by atoms with E-state index in [4.69, 9.17) is 9.84 Å². The van der Waals surface area contributed by atoms with Crippen molar-refractivity contribution in [3.63, 3.8) is 0 Å². The standard InChI is InChI=1S/C8H10FN3O5/c9-5-6(14)4(3-13)17-7(5)11-2-1-10-8(11)12(15)16/h1-2,4-7,13-14H,3H2/t4-,5+,6-,7-/m1/s1. The van der Waals surface area contributed by atoms with E-state index in [2.05, 4.69) is 4.98 Å². The molecule has 0 bridgehead atoms. The number of hydrogen-bond acceptors (Lipinski definition) is 6. The van der Waals surface area contributed by atoms with Gasteiger partial charge in [0, 0.05) is 0 Å². The average Bonchev–Trinajstić information content (AvgIpc) is 2.86. The van der Waals surface area contributed by atoms with Crippen LogP contribution in [0.25, 0.3) is 0 Å². The molecule has 1 aromatic rings. The van der Waals surface area contributed by atoms with Crippen molar-refractivity contribution in [3.8, 4) is 0 Å². The Morgan fingerprint density at radius 3 is 2.94 bits per heavy atom. The first kappa shape index (κ1) is 11.9. The number of rotatable bonds is 3. The second kappa shape index (κ2) is 4.35. The Hall–Kier alpha value is -1.58. The fourth-order valence-corrected chi connectivity index (χ4v) is 1.72. The molecule has 0 aromatic carbocycles. The van der Waals surface area contributed by atoms with Gasteiger partial charge in [0.1, 0.15) is 24.6 Å². The lowest BCUT2D eigenvalue weighted by molar-refractivity contribution is -0.398. The summed E-state index contributed by atoms with van der Waals surface area (Å²) < 4.78 is 19.6. The predicted molar refractivity (Wildman–Crippen MR) is 50.8 cm³/mol. The van der Waals surface area contributed by atoms with Crippen LogP contribution in [0.1, 0.15) is 6.23 Å². The summed E-state index contributed by atoms with van der Waals surface area (Å²) in [6.45, 7) is -0.569. The molecule has 0 amide bonds. The lowest BCUT2D eigenvalue weighted by Gasteiger charge is -2.11. The number of aliphatic hydroxyl groups is 2. The number of nitrogens with zero attached hydrogens (tertiary/aromatic N) is 3. The maximum Gasteiger partial charge on any atom is 0.436 e. The Morgan fingerprint density at radius 2 is 2.41 bits per heavy atom. The van der Waals surface area contributed by atoms with Crippen LogP contribution in [-0.2, 0) is 4.74 Å². The summed E-state index contributed by atoms with van der Waals surface area (Å²) in [5.74, 6) is -0.580. The molecule has 4 atom stereocenters. The van der Waals surface area contributed by atoms with Crippen molar-refractivity contribution in [2.24, 2.45) is 0 Å². The van der Waals surface area contributed by atoms with Crippen molar-refractivity contribution in [3.05, 3.63) is 22.5 Å². The van der Waals surface area contributed by atoms with Gasteiger partial charge in [0.2, 0.25) is 6.23 Å². The van der Waals surface area contributed by atoms with Gasteiger partial charge in [-0.05, 0) is 4.92 Å². The topological polar surface area (TPSA) is 111 Å². The van der Waals surface area contributed by atoms with Crippen molar-refractivity contribution < 1.29 is 24.3 Å². The molecule has 2 heterocycles. The number of aliphatic hydroxyl groups excluding tert-OH is 2. The van der Waals surface area contributed by atoms with E-state index in [0.29, 0.717) is 0 Å². The molecular formula is C8H10FN3O5. The van der Waals surface area contributed by atoms with Gasteiger partial charge in [-0.3, -0.25) is 0 Å². The maximum atomic E-state index is 13.7. The molecule has 17 heavy (non-hydrogen) atoms. The quantitative estimate of drug-likeness (QED) is 0.544. The molecule has 1 aliphatic heterocycles. The molecule has 0 spiro atoms. The third kappa shape index (κ3) is 1.88. The first-order valence-corrected chi connectivity index (χ1v) is 4.82. The number of halogens is 1. The zero-order chi connectivity index (χ0) is 12.6. The Morgan fingerprint density at radius 1 is 1.71 bits per heavy atom. The van der Waals surface area contributed by atoms with Crippen LogP contribution in [-0.4, -0.2) is 49.7 Å². The van der Waals surface area contributed by atoms with E-state index >= 15 is 0 Å². The first-order valence-electron chi connectivity index (χ1n) is 4.82. The van der Waals surface area contributed by atoms with Crippen LogP contribution < -0.4 is 0 Å². The van der Waals surface area contributed by atoms with Crippen LogP contribution in [0, 0.1) is 10.1 Å². The minimum Gasteiger partial charge on any atom is -0.394 e. The van der Waals surface area contributed by atoms with Gasteiger partial charge in [0.15, 0.2) is 6.17 Å². The number of imidazole rings is 1. The van der Waals surface area contributed by atoms with E-state index in [1.807, 2.05) is 0 Å². The average molecular weight is 247 g/mol. The summed E-state index contributed by atoms with van der Waals surface area (Å²) in [6, 6.07) is 0. The number of nitro groups is 1. The van der Waals surface area contributed by atoms with Gasteiger partial charge < -0.3 is 25.1 Å². The number of aromatic nitrogens is 2. The fourth-order valence-electron chi connectivity index (χ4n) is 1.72. The van der Waals surface area contributed by atoms with Gasteiger partial charge in [-0.1, -0.05) is 4.98 Å². The van der Waals surface area contributed by atoms with Crippen molar-refractivity contribution in [2.75, 3.05) is 6.61 Å². The zero-order valence-electron chi connectivity index (χ0n) is 8.51. The predicted octanol–water partition coefficient (Wildman–Crippen LogP) is -0.620. The third-order valence-corrected chi connectivity index (χ3v) is 2.56. The highest BCUT2D eigenvalue weighted by molar-refractivity contribution is 5.10. The van der Waals surface area contributed by atoms with Crippen LogP contribution in [0.5, 0.6) is 0 Å². The molecule has 94 valence electrons. The molecule has 0 unspecified atom stereocenters. The van der Waals surface area contributed by atoms with Crippen molar-refractivity contribution in [2.45, 2.75) is 24.6 Å². The van der Waals surface area contributed by atoms with Crippen LogP contribution in [0.4, 0.5) is 10.3 Å². The molecule has 0 saturated carbocycles. The van der Waals surface area contributed by atoms with E-state index in [-0.39, 0.29) is 0 Å². The van der Waals surface area contributed by atoms with Gasteiger partial charge in [0.25, 0.3) is 0 Å². The lowest BCUT2D eigenvalue weighted by Crippen LogP contribution is -2.30. The summed E-state index contributed by atoms with van der Waals surface area (Å²) in [5.41, 5.74) is 0. The Kier molecular flexibility index (Phi) is 3.05. The van der Waals surface area contributed by atoms with E-state index in [9.17, 15) is 19.6 Å². The van der Waals surface area contributed by atoms with Gasteiger partial charge in [-0.25, -0.2) is 4.39 Å². The van der Waals surface area contributed by atoms with Crippen LogP contribution >= 0.6 is 0 Å². The lowest BCUT2D eigenvalue weighted by atomic mass is 10.1. The highest BCUT2D eigenvalue weighted by atomic mass is 19.1. The molecule has 1 saturated heterocycles. The third-order valence-electron chi connectivity index (χ3n) is 2.56. The Labute approximate surface area is 94.4 Å². The minimum atomic E-state index is -1.86. The molecular weight excluding hydrogens is 237 g/mol. The number of alkyl halides is 1. The largest absolute Gasteiger partial charge is 0.436 e. The molecule has 9 heteroatoms. The van der Waals surface area contributed by atoms with E-state index in [1.165, 1.54) is 6.20 Å². The van der Waals surface area contributed by atoms with Gasteiger partial charge in [-0.15, -0.1) is 0 Å². The molecule has 1 aromatic heterocycles. The highest BCUT2D eigenvalue weighted by Crippen LogP contribution is 2.33. The minimum absolute atomic E-state index is 0.569. The summed E-state index contributed by atoms with van der Waals surface area (Å²) in [4.78, 5) is 13.3. The fraction of sp³-hybridized carbons (Fsp3) is 0.625.